The van der Waals surface area contributed by atoms with E-state index in [1.165, 1.54) is 18.2 Å². The summed E-state index contributed by atoms with van der Waals surface area (Å²) in [7, 11) is 0. The van der Waals surface area contributed by atoms with Crippen LogP contribution in [0.25, 0.3) is 0 Å². The molecule has 0 aliphatic heterocycles. The van der Waals surface area contributed by atoms with Gasteiger partial charge in [0.05, 0.1) is 0 Å². The molecular formula is C15H19F3N2O2. The number of nitrogens with one attached hydrogen (secondary N) is 1. The number of halogens is 3. The Bertz CT molecular complexity index is 516. The summed E-state index contributed by atoms with van der Waals surface area (Å²) in [6, 6.07) is 5.81. The van der Waals surface area contributed by atoms with E-state index in [2.05, 4.69) is 10.1 Å². The Morgan fingerprint density at radius 2 is 2.05 bits per heavy atom. The molecule has 1 atom stereocenters. The zero-order chi connectivity index (χ0) is 16.2. The lowest BCUT2D eigenvalue weighted by atomic mass is 10.1. The van der Waals surface area contributed by atoms with Gasteiger partial charge in [0.1, 0.15) is 5.75 Å². The highest BCUT2D eigenvalue weighted by atomic mass is 19.4. The third kappa shape index (κ3) is 5.22. The van der Waals surface area contributed by atoms with Crippen molar-refractivity contribution in [3.05, 3.63) is 29.8 Å². The third-order valence-corrected chi connectivity index (χ3v) is 3.61. The van der Waals surface area contributed by atoms with Gasteiger partial charge in [-0.3, -0.25) is 4.79 Å². The van der Waals surface area contributed by atoms with Crippen molar-refractivity contribution in [2.45, 2.75) is 38.1 Å². The van der Waals surface area contributed by atoms with Gasteiger partial charge >= 0.3 is 6.36 Å². The highest BCUT2D eigenvalue weighted by Crippen LogP contribution is 2.32. The fraction of sp³-hybridized carbons (Fsp3) is 0.533. The summed E-state index contributed by atoms with van der Waals surface area (Å²) in [6.45, 7) is 0.379. The summed E-state index contributed by atoms with van der Waals surface area (Å²) >= 11 is 0. The molecular weight excluding hydrogens is 297 g/mol. The second-order valence-corrected chi connectivity index (χ2v) is 5.40. The summed E-state index contributed by atoms with van der Waals surface area (Å²) in [4.78, 5) is 11.9. The number of hydrogen-bond acceptors (Lipinski definition) is 3. The molecule has 0 aromatic heterocycles. The molecule has 7 heteroatoms. The molecule has 0 saturated heterocycles. The zero-order valence-corrected chi connectivity index (χ0v) is 12.0. The molecule has 1 fully saturated rings. The van der Waals surface area contributed by atoms with Crippen molar-refractivity contribution in [1.29, 1.82) is 0 Å². The Labute approximate surface area is 126 Å². The van der Waals surface area contributed by atoms with Crippen molar-refractivity contribution < 1.29 is 22.7 Å². The second kappa shape index (κ2) is 7.00. The zero-order valence-electron chi connectivity index (χ0n) is 12.0. The quantitative estimate of drug-likeness (QED) is 0.812. The van der Waals surface area contributed by atoms with E-state index in [0.29, 0.717) is 18.0 Å². The molecule has 1 amide bonds. The molecule has 1 unspecified atom stereocenters. The van der Waals surface area contributed by atoms with Gasteiger partial charge < -0.3 is 15.8 Å². The Morgan fingerprint density at radius 1 is 1.36 bits per heavy atom. The van der Waals surface area contributed by atoms with Crippen molar-refractivity contribution in [1.82, 2.24) is 5.32 Å². The molecule has 1 aromatic carbocycles. The Morgan fingerprint density at radius 3 is 2.64 bits per heavy atom. The van der Waals surface area contributed by atoms with Gasteiger partial charge in [-0.15, -0.1) is 13.2 Å². The number of rotatable bonds is 7. The van der Waals surface area contributed by atoms with Crippen molar-refractivity contribution in [2.24, 2.45) is 11.7 Å². The van der Waals surface area contributed by atoms with Crippen LogP contribution in [0.3, 0.4) is 0 Å². The van der Waals surface area contributed by atoms with Crippen LogP contribution in [0, 0.1) is 5.92 Å². The number of amides is 1. The molecule has 0 heterocycles. The number of para-hydroxylation sites is 1. The summed E-state index contributed by atoms with van der Waals surface area (Å²) in [5.74, 6) is -0.0284. The van der Waals surface area contributed by atoms with Gasteiger partial charge in [-0.25, -0.2) is 0 Å². The van der Waals surface area contributed by atoms with Crippen molar-refractivity contribution >= 4 is 5.91 Å². The first-order chi connectivity index (χ1) is 10.4. The van der Waals surface area contributed by atoms with Crippen molar-refractivity contribution in [2.75, 3.05) is 6.54 Å². The van der Waals surface area contributed by atoms with E-state index in [9.17, 15) is 18.0 Å². The molecule has 1 aromatic rings. The molecule has 1 saturated carbocycles. The molecule has 0 spiro atoms. The topological polar surface area (TPSA) is 64.3 Å². The van der Waals surface area contributed by atoms with Gasteiger partial charge in [0.25, 0.3) is 0 Å². The number of carbonyl (C=O) groups excluding carboxylic acids is 1. The lowest BCUT2D eigenvalue weighted by Crippen LogP contribution is -2.41. The smallest absolute Gasteiger partial charge is 0.406 e. The van der Waals surface area contributed by atoms with Crippen LogP contribution in [0.2, 0.25) is 0 Å². The molecule has 4 nitrogen and oxygen atoms in total. The molecule has 1 aliphatic rings. The van der Waals surface area contributed by atoms with E-state index in [1.54, 1.807) is 6.07 Å². The van der Waals surface area contributed by atoms with Gasteiger partial charge in [-0.05, 0) is 36.8 Å². The lowest BCUT2D eigenvalue weighted by molar-refractivity contribution is -0.274. The van der Waals surface area contributed by atoms with E-state index < -0.39 is 6.36 Å². The summed E-state index contributed by atoms with van der Waals surface area (Å²) in [5.41, 5.74) is 5.96. The van der Waals surface area contributed by atoms with Crippen LogP contribution in [-0.4, -0.2) is 24.9 Å². The average Bonchev–Trinajstić information content (AvgIpc) is 3.26. The van der Waals surface area contributed by atoms with Crippen LogP contribution in [0.4, 0.5) is 13.2 Å². The summed E-state index contributed by atoms with van der Waals surface area (Å²) in [6.07, 6.45) is -2.34. The van der Waals surface area contributed by atoms with Crippen molar-refractivity contribution in [3.8, 4) is 5.75 Å². The van der Waals surface area contributed by atoms with Gasteiger partial charge in [-0.1, -0.05) is 18.2 Å². The van der Waals surface area contributed by atoms with Crippen LogP contribution in [0.15, 0.2) is 24.3 Å². The number of alkyl halides is 3. The van der Waals surface area contributed by atoms with Crippen LogP contribution in [0.1, 0.15) is 24.8 Å². The standard InChI is InChI=1S/C15H19F3N2O2/c16-15(17,18)22-13-4-2-1-3-11(13)7-8-14(21)20-12(9-19)10-5-6-10/h1-4,10,12H,5-9,19H2,(H,20,21). The van der Waals surface area contributed by atoms with Crippen LogP contribution < -0.4 is 15.8 Å². The highest BCUT2D eigenvalue weighted by molar-refractivity contribution is 5.76. The predicted octanol–water partition coefficient (Wildman–Crippen LogP) is 2.37. The van der Waals surface area contributed by atoms with E-state index in [1.807, 2.05) is 0 Å². The predicted molar refractivity (Wildman–Crippen MR) is 75.2 cm³/mol. The normalized spacial score (nSPS) is 16.2. The first kappa shape index (κ1) is 16.6. The van der Waals surface area contributed by atoms with Gasteiger partial charge in [-0.2, -0.15) is 0 Å². The maximum absolute atomic E-state index is 12.3. The van der Waals surface area contributed by atoms with E-state index in [0.717, 1.165) is 12.8 Å². The second-order valence-electron chi connectivity index (χ2n) is 5.40. The number of carbonyl (C=O) groups is 1. The molecule has 1 aliphatic carbocycles. The number of nitrogens with two attached hydrogens (primary N) is 1. The summed E-state index contributed by atoms with van der Waals surface area (Å²) < 4.78 is 40.9. The van der Waals surface area contributed by atoms with E-state index in [4.69, 9.17) is 5.73 Å². The van der Waals surface area contributed by atoms with Gasteiger partial charge in [0.2, 0.25) is 5.91 Å². The molecule has 0 bridgehead atoms. The average molecular weight is 316 g/mol. The minimum Gasteiger partial charge on any atom is -0.406 e. The number of benzene rings is 1. The van der Waals surface area contributed by atoms with E-state index >= 15 is 0 Å². The van der Waals surface area contributed by atoms with Crippen LogP contribution >= 0.6 is 0 Å². The first-order valence-corrected chi connectivity index (χ1v) is 7.22. The first-order valence-electron chi connectivity index (χ1n) is 7.22. The summed E-state index contributed by atoms with van der Waals surface area (Å²) in [5, 5.41) is 2.84. The van der Waals surface area contributed by atoms with Crippen molar-refractivity contribution in [3.63, 3.8) is 0 Å². The lowest BCUT2D eigenvalue weighted by Gasteiger charge is -2.16. The fourth-order valence-electron chi connectivity index (χ4n) is 2.33. The minimum absolute atomic E-state index is 0.0332. The maximum Gasteiger partial charge on any atom is 0.573 e. The monoisotopic (exact) mass is 316 g/mol. The molecule has 0 radical (unpaired) electrons. The SMILES string of the molecule is NCC(NC(=O)CCc1ccccc1OC(F)(F)F)C1CC1. The van der Waals surface area contributed by atoms with Gasteiger partial charge in [0.15, 0.2) is 0 Å². The third-order valence-electron chi connectivity index (χ3n) is 3.61. The van der Waals surface area contributed by atoms with E-state index in [-0.39, 0.29) is 30.5 Å². The number of aryl methyl sites for hydroxylation is 1. The number of hydrogen-bond donors (Lipinski definition) is 2. The number of ether oxygens (including phenoxy) is 1. The maximum atomic E-state index is 12.3. The minimum atomic E-state index is -4.74. The fourth-order valence-corrected chi connectivity index (χ4v) is 2.33. The highest BCUT2D eigenvalue weighted by Gasteiger charge is 2.32. The molecule has 22 heavy (non-hydrogen) atoms. The van der Waals surface area contributed by atoms with Gasteiger partial charge in [0, 0.05) is 19.0 Å². The van der Waals surface area contributed by atoms with Crippen LogP contribution in [-0.2, 0) is 11.2 Å². The largest absolute Gasteiger partial charge is 0.573 e. The molecule has 2 rings (SSSR count). The Hall–Kier alpha value is -1.76. The molecule has 122 valence electrons. The Kier molecular flexibility index (Phi) is 5.28. The Balaban J connectivity index is 1.89. The molecule has 3 N–H and O–H groups in total. The van der Waals surface area contributed by atoms with Crippen LogP contribution in [0.5, 0.6) is 5.75 Å².